The number of benzene rings is 1. The Hall–Kier alpha value is -0.670. The fourth-order valence-electron chi connectivity index (χ4n) is 1.61. The van der Waals surface area contributed by atoms with Gasteiger partial charge in [-0.1, -0.05) is 12.1 Å². The second kappa shape index (κ2) is 7.62. The third kappa shape index (κ3) is 5.99. The Labute approximate surface area is 110 Å². The van der Waals surface area contributed by atoms with Crippen LogP contribution in [0.15, 0.2) is 24.3 Å². The van der Waals surface area contributed by atoms with Crippen LogP contribution in [0.25, 0.3) is 0 Å². The Morgan fingerprint density at radius 3 is 2.35 bits per heavy atom. The molecule has 2 nitrogen and oxygen atoms in total. The zero-order chi connectivity index (χ0) is 12.7. The molecule has 0 aliphatic carbocycles. The molecule has 1 rings (SSSR count). The first kappa shape index (κ1) is 14.4. The van der Waals surface area contributed by atoms with E-state index in [1.807, 2.05) is 26.0 Å². The summed E-state index contributed by atoms with van der Waals surface area (Å²) >= 11 is 4.23. The first-order chi connectivity index (χ1) is 8.11. The highest BCUT2D eigenvalue weighted by Gasteiger charge is 2.00. The van der Waals surface area contributed by atoms with Crippen molar-refractivity contribution in [1.29, 1.82) is 0 Å². The minimum atomic E-state index is 0.238. The Morgan fingerprint density at radius 1 is 1.18 bits per heavy atom. The average molecular weight is 253 g/mol. The summed E-state index contributed by atoms with van der Waals surface area (Å²) in [7, 11) is 2.13. The number of nitrogens with zero attached hydrogens (tertiary/aromatic N) is 1. The third-order valence-electron chi connectivity index (χ3n) is 2.56. The number of likely N-dealkylation sites (N-methyl/N-ethyl adjacent to an activating group) is 1. The van der Waals surface area contributed by atoms with Gasteiger partial charge < -0.3 is 9.64 Å². The SMILES string of the molecule is CC(C)Oc1ccc(CCN(C)CCS)cc1. The molecule has 0 aliphatic heterocycles. The maximum absolute atomic E-state index is 5.61. The van der Waals surface area contributed by atoms with Crippen LogP contribution in [0, 0.1) is 0 Å². The lowest BCUT2D eigenvalue weighted by Crippen LogP contribution is -2.23. The van der Waals surface area contributed by atoms with Crippen LogP contribution >= 0.6 is 12.6 Å². The van der Waals surface area contributed by atoms with Crippen LogP contribution in [0.5, 0.6) is 5.75 Å². The van der Waals surface area contributed by atoms with Crippen molar-refractivity contribution in [1.82, 2.24) is 4.90 Å². The second-order valence-electron chi connectivity index (χ2n) is 4.59. The lowest BCUT2D eigenvalue weighted by Gasteiger charge is -2.15. The summed E-state index contributed by atoms with van der Waals surface area (Å²) < 4.78 is 5.61. The molecule has 0 heterocycles. The van der Waals surface area contributed by atoms with Gasteiger partial charge >= 0.3 is 0 Å². The molecule has 0 aliphatic rings. The van der Waals surface area contributed by atoms with E-state index in [1.54, 1.807) is 0 Å². The molecule has 0 N–H and O–H groups in total. The van der Waals surface area contributed by atoms with E-state index >= 15 is 0 Å². The molecule has 0 amide bonds. The van der Waals surface area contributed by atoms with Gasteiger partial charge in [0.2, 0.25) is 0 Å². The van der Waals surface area contributed by atoms with E-state index in [9.17, 15) is 0 Å². The Kier molecular flexibility index (Phi) is 6.45. The first-order valence-corrected chi connectivity index (χ1v) is 6.80. The standard InChI is InChI=1S/C14H23NOS/c1-12(2)16-14-6-4-13(5-7-14)8-9-15(3)10-11-17/h4-7,12,17H,8-11H2,1-3H3. The van der Waals surface area contributed by atoms with Crippen molar-refractivity contribution in [2.75, 3.05) is 25.9 Å². The molecule has 0 unspecified atom stereocenters. The van der Waals surface area contributed by atoms with Crippen LogP contribution in [0.1, 0.15) is 19.4 Å². The van der Waals surface area contributed by atoms with Crippen molar-refractivity contribution in [3.8, 4) is 5.75 Å². The highest BCUT2D eigenvalue weighted by atomic mass is 32.1. The molecular formula is C14H23NOS. The number of hydrogen-bond donors (Lipinski definition) is 1. The molecule has 3 heteroatoms. The van der Waals surface area contributed by atoms with Gasteiger partial charge in [-0.25, -0.2) is 0 Å². The molecule has 96 valence electrons. The number of thiol groups is 1. The molecule has 0 bridgehead atoms. The van der Waals surface area contributed by atoms with Crippen molar-refractivity contribution < 1.29 is 4.74 Å². The summed E-state index contributed by atoms with van der Waals surface area (Å²) in [5.74, 6) is 1.87. The number of rotatable bonds is 7. The van der Waals surface area contributed by atoms with E-state index in [0.717, 1.165) is 31.0 Å². The third-order valence-corrected chi connectivity index (χ3v) is 2.76. The summed E-state index contributed by atoms with van der Waals surface area (Å²) in [6.45, 7) is 6.20. The van der Waals surface area contributed by atoms with Gasteiger partial charge in [-0.05, 0) is 45.0 Å². The summed E-state index contributed by atoms with van der Waals surface area (Å²) in [5.41, 5.74) is 1.35. The van der Waals surface area contributed by atoms with E-state index in [0.29, 0.717) is 0 Å². The largest absolute Gasteiger partial charge is 0.491 e. The molecule has 0 radical (unpaired) electrons. The molecule has 1 aromatic carbocycles. The maximum Gasteiger partial charge on any atom is 0.119 e. The van der Waals surface area contributed by atoms with Crippen LogP contribution in [0.3, 0.4) is 0 Å². The monoisotopic (exact) mass is 253 g/mol. The molecule has 1 aromatic rings. The number of ether oxygens (including phenoxy) is 1. The van der Waals surface area contributed by atoms with Gasteiger partial charge in [0.25, 0.3) is 0 Å². The van der Waals surface area contributed by atoms with Gasteiger partial charge in [0.05, 0.1) is 6.10 Å². The fraction of sp³-hybridized carbons (Fsp3) is 0.571. The van der Waals surface area contributed by atoms with Gasteiger partial charge in [-0.3, -0.25) is 0 Å². The highest BCUT2D eigenvalue weighted by Crippen LogP contribution is 2.14. The highest BCUT2D eigenvalue weighted by molar-refractivity contribution is 7.80. The van der Waals surface area contributed by atoms with E-state index in [2.05, 4.69) is 36.7 Å². The zero-order valence-electron chi connectivity index (χ0n) is 11.0. The fourth-order valence-corrected chi connectivity index (χ4v) is 1.95. The van der Waals surface area contributed by atoms with E-state index in [4.69, 9.17) is 4.74 Å². The molecule has 0 aromatic heterocycles. The van der Waals surface area contributed by atoms with Crippen molar-refractivity contribution in [2.45, 2.75) is 26.4 Å². The number of hydrogen-bond acceptors (Lipinski definition) is 3. The van der Waals surface area contributed by atoms with Gasteiger partial charge in [0.1, 0.15) is 5.75 Å². The molecule has 0 spiro atoms. The van der Waals surface area contributed by atoms with Crippen molar-refractivity contribution in [2.24, 2.45) is 0 Å². The normalized spacial score (nSPS) is 11.2. The zero-order valence-corrected chi connectivity index (χ0v) is 11.9. The first-order valence-electron chi connectivity index (χ1n) is 6.17. The van der Waals surface area contributed by atoms with Crippen molar-refractivity contribution in [3.05, 3.63) is 29.8 Å². The Balaban J connectivity index is 2.40. The lowest BCUT2D eigenvalue weighted by molar-refractivity contribution is 0.242. The summed E-state index contributed by atoms with van der Waals surface area (Å²) in [4.78, 5) is 2.30. The molecule has 0 atom stereocenters. The molecule has 0 saturated heterocycles. The van der Waals surface area contributed by atoms with Gasteiger partial charge in [0, 0.05) is 18.8 Å². The summed E-state index contributed by atoms with van der Waals surface area (Å²) in [6.07, 6.45) is 1.31. The van der Waals surface area contributed by atoms with Gasteiger partial charge in [-0.2, -0.15) is 12.6 Å². The quantitative estimate of drug-likeness (QED) is 0.750. The van der Waals surface area contributed by atoms with Gasteiger partial charge in [0.15, 0.2) is 0 Å². The smallest absolute Gasteiger partial charge is 0.119 e. The van der Waals surface area contributed by atoms with Crippen LogP contribution in [0.4, 0.5) is 0 Å². The van der Waals surface area contributed by atoms with Gasteiger partial charge in [-0.15, -0.1) is 0 Å². The van der Waals surface area contributed by atoms with Crippen LogP contribution in [0.2, 0.25) is 0 Å². The Bertz CT molecular complexity index is 311. The minimum absolute atomic E-state index is 0.238. The Morgan fingerprint density at radius 2 is 1.82 bits per heavy atom. The average Bonchev–Trinajstić information content (AvgIpc) is 2.28. The molecule has 0 saturated carbocycles. The van der Waals surface area contributed by atoms with Crippen LogP contribution in [-0.4, -0.2) is 36.9 Å². The minimum Gasteiger partial charge on any atom is -0.491 e. The summed E-state index contributed by atoms with van der Waals surface area (Å²) in [5, 5.41) is 0. The molecular weight excluding hydrogens is 230 g/mol. The molecule has 17 heavy (non-hydrogen) atoms. The predicted molar refractivity (Wildman–Crippen MR) is 77.3 cm³/mol. The molecule has 0 fully saturated rings. The lowest BCUT2D eigenvalue weighted by atomic mass is 10.1. The van der Waals surface area contributed by atoms with E-state index in [1.165, 1.54) is 5.56 Å². The predicted octanol–water partition coefficient (Wildman–Crippen LogP) is 2.88. The van der Waals surface area contributed by atoms with Crippen molar-refractivity contribution >= 4 is 12.6 Å². The van der Waals surface area contributed by atoms with E-state index in [-0.39, 0.29) is 6.10 Å². The topological polar surface area (TPSA) is 12.5 Å². The second-order valence-corrected chi connectivity index (χ2v) is 5.03. The van der Waals surface area contributed by atoms with Crippen LogP contribution < -0.4 is 4.74 Å². The van der Waals surface area contributed by atoms with Crippen molar-refractivity contribution in [3.63, 3.8) is 0 Å². The summed E-state index contributed by atoms with van der Waals surface area (Å²) in [6, 6.07) is 8.39. The maximum atomic E-state index is 5.61. The van der Waals surface area contributed by atoms with E-state index < -0.39 is 0 Å². The van der Waals surface area contributed by atoms with Crippen LogP contribution in [-0.2, 0) is 6.42 Å².